The molecular weight excluding hydrogens is 392 g/mol. The van der Waals surface area contributed by atoms with E-state index in [4.69, 9.17) is 4.74 Å². The third-order valence-electron chi connectivity index (χ3n) is 3.52. The SMILES string of the molecule is O=C(COCC1CCCCCC1)c1cc(Br)sc1Br. The fourth-order valence-electron chi connectivity index (χ4n) is 2.46. The highest BCUT2D eigenvalue weighted by Crippen LogP contribution is 2.32. The van der Waals surface area contributed by atoms with Crippen molar-refractivity contribution in [3.63, 3.8) is 0 Å². The summed E-state index contributed by atoms with van der Waals surface area (Å²) in [4.78, 5) is 12.0. The van der Waals surface area contributed by atoms with E-state index in [1.165, 1.54) is 49.9 Å². The van der Waals surface area contributed by atoms with Crippen LogP contribution in [0.2, 0.25) is 0 Å². The van der Waals surface area contributed by atoms with Gasteiger partial charge >= 0.3 is 0 Å². The molecule has 1 fully saturated rings. The fourth-order valence-corrected chi connectivity index (χ4v) is 5.31. The Morgan fingerprint density at radius 1 is 1.26 bits per heavy atom. The first-order valence-electron chi connectivity index (χ1n) is 6.72. The molecule has 0 atom stereocenters. The molecule has 19 heavy (non-hydrogen) atoms. The highest BCUT2D eigenvalue weighted by atomic mass is 79.9. The van der Waals surface area contributed by atoms with Gasteiger partial charge in [0, 0.05) is 5.56 Å². The van der Waals surface area contributed by atoms with Gasteiger partial charge in [0.25, 0.3) is 0 Å². The fraction of sp³-hybridized carbons (Fsp3) is 0.643. The van der Waals surface area contributed by atoms with Crippen molar-refractivity contribution in [2.45, 2.75) is 38.5 Å². The summed E-state index contributed by atoms with van der Waals surface area (Å²) in [7, 11) is 0. The average Bonchev–Trinajstić information content (AvgIpc) is 2.58. The molecular formula is C14H18Br2O2S. The first-order chi connectivity index (χ1) is 9.16. The molecule has 5 heteroatoms. The molecule has 0 unspecified atom stereocenters. The van der Waals surface area contributed by atoms with Crippen molar-refractivity contribution in [1.29, 1.82) is 0 Å². The Bertz CT molecular complexity index is 423. The van der Waals surface area contributed by atoms with Crippen molar-refractivity contribution in [3.8, 4) is 0 Å². The molecule has 0 radical (unpaired) electrons. The van der Waals surface area contributed by atoms with Crippen LogP contribution in [0.1, 0.15) is 48.9 Å². The number of halogens is 2. The summed E-state index contributed by atoms with van der Waals surface area (Å²) in [5, 5.41) is 0. The van der Waals surface area contributed by atoms with Crippen molar-refractivity contribution >= 4 is 49.0 Å². The van der Waals surface area contributed by atoms with E-state index < -0.39 is 0 Å². The lowest BCUT2D eigenvalue weighted by Crippen LogP contribution is -2.14. The molecule has 2 rings (SSSR count). The van der Waals surface area contributed by atoms with Crippen LogP contribution in [0.15, 0.2) is 13.6 Å². The predicted octanol–water partition coefficient (Wildman–Crippen LogP) is 5.44. The maximum Gasteiger partial charge on any atom is 0.190 e. The summed E-state index contributed by atoms with van der Waals surface area (Å²) in [5.41, 5.74) is 0.720. The minimum atomic E-state index is 0.0578. The van der Waals surface area contributed by atoms with E-state index in [1.807, 2.05) is 6.07 Å². The Balaban J connectivity index is 1.76. The number of ketones is 1. The lowest BCUT2D eigenvalue weighted by atomic mass is 10.0. The maximum atomic E-state index is 12.0. The molecule has 0 bridgehead atoms. The predicted molar refractivity (Wildman–Crippen MR) is 86.1 cm³/mol. The van der Waals surface area contributed by atoms with Crippen molar-refractivity contribution in [2.24, 2.45) is 5.92 Å². The van der Waals surface area contributed by atoms with E-state index in [2.05, 4.69) is 31.9 Å². The van der Waals surface area contributed by atoms with Gasteiger partial charge in [-0.2, -0.15) is 0 Å². The summed E-state index contributed by atoms with van der Waals surface area (Å²) in [6, 6.07) is 1.85. The number of ether oxygens (including phenoxy) is 1. The number of rotatable bonds is 5. The molecule has 1 aromatic rings. The lowest BCUT2D eigenvalue weighted by Gasteiger charge is -2.13. The van der Waals surface area contributed by atoms with E-state index >= 15 is 0 Å². The summed E-state index contributed by atoms with van der Waals surface area (Å²) < 4.78 is 7.47. The number of hydrogen-bond acceptors (Lipinski definition) is 3. The number of thiophene rings is 1. The van der Waals surface area contributed by atoms with Gasteiger partial charge in [-0.1, -0.05) is 25.7 Å². The van der Waals surface area contributed by atoms with Gasteiger partial charge in [-0.15, -0.1) is 11.3 Å². The quantitative estimate of drug-likeness (QED) is 0.477. The van der Waals surface area contributed by atoms with Crippen LogP contribution < -0.4 is 0 Å². The molecule has 1 aliphatic rings. The first-order valence-corrected chi connectivity index (χ1v) is 9.13. The van der Waals surface area contributed by atoms with E-state index in [1.54, 1.807) is 0 Å². The smallest absolute Gasteiger partial charge is 0.190 e. The highest BCUT2D eigenvalue weighted by Gasteiger charge is 2.16. The summed E-state index contributed by atoms with van der Waals surface area (Å²) >= 11 is 8.31. The van der Waals surface area contributed by atoms with Crippen LogP contribution in [0.5, 0.6) is 0 Å². The average molecular weight is 410 g/mol. The van der Waals surface area contributed by atoms with E-state index in [9.17, 15) is 4.79 Å². The highest BCUT2D eigenvalue weighted by molar-refractivity contribution is 9.12. The van der Waals surface area contributed by atoms with Crippen LogP contribution in [0.25, 0.3) is 0 Å². The topological polar surface area (TPSA) is 26.3 Å². The summed E-state index contributed by atoms with van der Waals surface area (Å²) in [6.07, 6.45) is 7.83. The Hall–Kier alpha value is 0.290. The van der Waals surface area contributed by atoms with Crippen LogP contribution >= 0.6 is 43.2 Å². The van der Waals surface area contributed by atoms with Crippen molar-refractivity contribution in [2.75, 3.05) is 13.2 Å². The number of carbonyl (C=O) groups is 1. The van der Waals surface area contributed by atoms with E-state index in [0.717, 1.165) is 19.7 Å². The second-order valence-corrected chi connectivity index (χ2v) is 8.78. The third-order valence-corrected chi connectivity index (χ3v) is 5.86. The molecule has 1 heterocycles. The number of Topliss-reactive ketones (excluding diaryl/α,β-unsaturated/α-hetero) is 1. The monoisotopic (exact) mass is 408 g/mol. The molecule has 106 valence electrons. The van der Waals surface area contributed by atoms with E-state index in [0.29, 0.717) is 5.92 Å². The van der Waals surface area contributed by atoms with Gasteiger partial charge in [0.2, 0.25) is 0 Å². The maximum absolute atomic E-state index is 12.0. The number of carbonyl (C=O) groups excluding carboxylic acids is 1. The second kappa shape index (κ2) is 7.91. The number of hydrogen-bond donors (Lipinski definition) is 0. The van der Waals surface area contributed by atoms with Gasteiger partial charge in [0.1, 0.15) is 6.61 Å². The minimum absolute atomic E-state index is 0.0578. The van der Waals surface area contributed by atoms with Gasteiger partial charge in [-0.3, -0.25) is 4.79 Å². The Kier molecular flexibility index (Phi) is 6.53. The summed E-state index contributed by atoms with van der Waals surface area (Å²) in [6.45, 7) is 0.924. The molecule has 0 N–H and O–H groups in total. The normalized spacial score (nSPS) is 17.4. The van der Waals surface area contributed by atoms with Crippen LogP contribution in [-0.2, 0) is 4.74 Å². The minimum Gasteiger partial charge on any atom is -0.373 e. The Morgan fingerprint density at radius 3 is 2.53 bits per heavy atom. The van der Waals surface area contributed by atoms with Gasteiger partial charge in [0.15, 0.2) is 5.78 Å². The molecule has 0 spiro atoms. The van der Waals surface area contributed by atoms with Crippen LogP contribution in [0.4, 0.5) is 0 Å². The molecule has 1 aliphatic carbocycles. The van der Waals surface area contributed by atoms with E-state index in [-0.39, 0.29) is 12.4 Å². The van der Waals surface area contributed by atoms with Crippen molar-refractivity contribution in [3.05, 3.63) is 19.2 Å². The van der Waals surface area contributed by atoms with Gasteiger partial charge in [-0.25, -0.2) is 0 Å². The van der Waals surface area contributed by atoms with Gasteiger partial charge < -0.3 is 4.74 Å². The van der Waals surface area contributed by atoms with Crippen LogP contribution in [-0.4, -0.2) is 19.0 Å². The first kappa shape index (κ1) is 15.7. The zero-order valence-corrected chi connectivity index (χ0v) is 14.8. The molecule has 1 aromatic heterocycles. The third kappa shape index (κ3) is 4.96. The largest absolute Gasteiger partial charge is 0.373 e. The lowest BCUT2D eigenvalue weighted by molar-refractivity contribution is 0.0658. The molecule has 2 nitrogen and oxygen atoms in total. The second-order valence-electron chi connectivity index (χ2n) is 5.03. The van der Waals surface area contributed by atoms with Crippen LogP contribution in [0, 0.1) is 5.92 Å². The summed E-state index contributed by atoms with van der Waals surface area (Å²) in [5.74, 6) is 0.704. The molecule has 0 saturated heterocycles. The Morgan fingerprint density at radius 2 is 1.95 bits per heavy atom. The van der Waals surface area contributed by atoms with Gasteiger partial charge in [0.05, 0.1) is 14.2 Å². The molecule has 0 aliphatic heterocycles. The Labute approximate surface area is 135 Å². The van der Waals surface area contributed by atoms with Crippen molar-refractivity contribution < 1.29 is 9.53 Å². The molecule has 0 aromatic carbocycles. The van der Waals surface area contributed by atoms with Gasteiger partial charge in [-0.05, 0) is 56.7 Å². The molecule has 0 amide bonds. The standard InChI is InChI=1S/C14H18Br2O2S/c15-13-7-11(14(16)19-13)12(17)9-18-8-10-5-3-1-2-4-6-10/h7,10H,1-6,8-9H2. The molecule has 1 saturated carbocycles. The zero-order chi connectivity index (χ0) is 13.7. The van der Waals surface area contributed by atoms with Crippen LogP contribution in [0.3, 0.4) is 0 Å². The van der Waals surface area contributed by atoms with Crippen molar-refractivity contribution in [1.82, 2.24) is 0 Å². The zero-order valence-electron chi connectivity index (χ0n) is 10.8.